The molecule has 0 amide bonds. The highest BCUT2D eigenvalue weighted by Gasteiger charge is 2.18. The number of fused-ring (bicyclic) bond motifs is 4. The van der Waals surface area contributed by atoms with Crippen LogP contribution < -0.4 is 4.90 Å². The Morgan fingerprint density at radius 1 is 0.420 bits per heavy atom. The summed E-state index contributed by atoms with van der Waals surface area (Å²) < 4.78 is 2.41. The summed E-state index contributed by atoms with van der Waals surface area (Å²) in [6.07, 6.45) is 6.62. The third-order valence-corrected chi connectivity index (χ3v) is 9.69. The first kappa shape index (κ1) is 29.5. The molecule has 236 valence electrons. The van der Waals surface area contributed by atoms with E-state index in [0.717, 1.165) is 39.3 Å². The molecule has 50 heavy (non-hydrogen) atoms. The van der Waals surface area contributed by atoms with Crippen LogP contribution in [0.15, 0.2) is 201 Å². The Kier molecular flexibility index (Phi) is 7.33. The molecule has 0 bridgehead atoms. The Hall–Kier alpha value is -6.64. The number of allylic oxidation sites excluding steroid dienone is 4. The van der Waals surface area contributed by atoms with E-state index >= 15 is 0 Å². The normalized spacial score (nSPS) is 14.5. The standard InChI is InChI=1S/C48H34N2/c1-34-30-40(28-29-49(41-19-9-4-10-20-41)46-23-12-11-22-43(34)46)39-25-27-48-45(33-39)44-32-38(36-16-7-3-8-17-36)24-26-47(44)50(48)42-21-13-18-37(31-42)35-14-5-2-6-15-35/h2-33H,1H2/b29-28-,40-30+. The molecule has 0 atom stereocenters. The van der Waals surface area contributed by atoms with Crippen molar-refractivity contribution >= 4 is 44.3 Å². The maximum Gasteiger partial charge on any atom is 0.0541 e. The SMILES string of the molecule is C=C1/C=C(c2ccc3c(c2)c2cc(-c4ccccc4)ccc2n3-c2cccc(-c3ccccc3)c2)\C=C/N(c2ccccc2)c2ccccc21. The van der Waals surface area contributed by atoms with Gasteiger partial charge in [0, 0.05) is 33.9 Å². The predicted molar refractivity (Wildman–Crippen MR) is 213 cm³/mol. The van der Waals surface area contributed by atoms with Gasteiger partial charge in [0.25, 0.3) is 0 Å². The van der Waals surface area contributed by atoms with Gasteiger partial charge in [-0.05, 0) is 106 Å². The zero-order valence-corrected chi connectivity index (χ0v) is 27.6. The molecule has 7 aromatic carbocycles. The van der Waals surface area contributed by atoms with Crippen molar-refractivity contribution in [2.24, 2.45) is 0 Å². The second-order valence-electron chi connectivity index (χ2n) is 12.7. The molecule has 2 nitrogen and oxygen atoms in total. The molecule has 0 saturated heterocycles. The van der Waals surface area contributed by atoms with Crippen LogP contribution in [-0.2, 0) is 0 Å². The van der Waals surface area contributed by atoms with E-state index in [4.69, 9.17) is 0 Å². The van der Waals surface area contributed by atoms with Crippen LogP contribution in [0.25, 0.3) is 60.9 Å². The molecule has 0 N–H and O–H groups in total. The minimum Gasteiger partial charge on any atom is -0.317 e. The molecule has 0 fully saturated rings. The van der Waals surface area contributed by atoms with E-state index in [1.165, 1.54) is 44.1 Å². The molecular weight excluding hydrogens is 605 g/mol. The van der Waals surface area contributed by atoms with Crippen LogP contribution in [0, 0.1) is 0 Å². The monoisotopic (exact) mass is 638 g/mol. The molecule has 0 radical (unpaired) electrons. The average Bonchev–Trinajstić information content (AvgIpc) is 3.51. The molecule has 9 rings (SSSR count). The maximum atomic E-state index is 4.55. The van der Waals surface area contributed by atoms with E-state index in [2.05, 4.69) is 210 Å². The molecule has 0 saturated carbocycles. The van der Waals surface area contributed by atoms with E-state index in [9.17, 15) is 0 Å². The van der Waals surface area contributed by atoms with Gasteiger partial charge in [0.1, 0.15) is 0 Å². The van der Waals surface area contributed by atoms with Crippen LogP contribution in [0.2, 0.25) is 0 Å². The Balaban J connectivity index is 1.24. The van der Waals surface area contributed by atoms with Crippen molar-refractivity contribution in [1.82, 2.24) is 4.57 Å². The van der Waals surface area contributed by atoms with E-state index in [-0.39, 0.29) is 0 Å². The second-order valence-corrected chi connectivity index (χ2v) is 12.7. The number of aromatic nitrogens is 1. The first-order valence-electron chi connectivity index (χ1n) is 17.0. The minimum atomic E-state index is 0.979. The van der Waals surface area contributed by atoms with Gasteiger partial charge in [-0.2, -0.15) is 0 Å². The summed E-state index contributed by atoms with van der Waals surface area (Å²) in [6.45, 7) is 4.55. The summed E-state index contributed by atoms with van der Waals surface area (Å²) in [5.41, 5.74) is 14.9. The molecule has 0 spiro atoms. The van der Waals surface area contributed by atoms with E-state index in [1.54, 1.807) is 0 Å². The second kappa shape index (κ2) is 12.4. The lowest BCUT2D eigenvalue weighted by molar-refractivity contribution is 1.18. The number of nitrogens with zero attached hydrogens (tertiary/aromatic N) is 2. The summed E-state index contributed by atoms with van der Waals surface area (Å²) in [5.74, 6) is 0. The number of hydrogen-bond acceptors (Lipinski definition) is 1. The Morgan fingerprint density at radius 2 is 0.960 bits per heavy atom. The number of rotatable bonds is 5. The van der Waals surface area contributed by atoms with Crippen LogP contribution in [0.5, 0.6) is 0 Å². The number of para-hydroxylation sites is 2. The van der Waals surface area contributed by atoms with Crippen molar-refractivity contribution in [3.05, 3.63) is 212 Å². The van der Waals surface area contributed by atoms with Crippen molar-refractivity contribution in [2.45, 2.75) is 0 Å². The lowest BCUT2D eigenvalue weighted by atomic mass is 9.95. The zero-order chi connectivity index (χ0) is 33.4. The minimum absolute atomic E-state index is 0.979. The fourth-order valence-electron chi connectivity index (χ4n) is 7.24. The van der Waals surface area contributed by atoms with Crippen molar-refractivity contribution in [1.29, 1.82) is 0 Å². The maximum absolute atomic E-state index is 4.55. The Labute approximate surface area is 292 Å². The molecule has 1 aromatic heterocycles. The van der Waals surface area contributed by atoms with Crippen molar-refractivity contribution in [3.8, 4) is 27.9 Å². The summed E-state index contributed by atoms with van der Waals surface area (Å²) in [7, 11) is 0. The van der Waals surface area contributed by atoms with Gasteiger partial charge >= 0.3 is 0 Å². The Bertz CT molecular complexity index is 2590. The van der Waals surface area contributed by atoms with Crippen LogP contribution in [0.3, 0.4) is 0 Å². The first-order chi connectivity index (χ1) is 24.7. The zero-order valence-electron chi connectivity index (χ0n) is 27.6. The molecule has 1 aliphatic heterocycles. The molecule has 1 aliphatic rings. The molecular formula is C48H34N2. The van der Waals surface area contributed by atoms with E-state index in [0.29, 0.717) is 0 Å². The van der Waals surface area contributed by atoms with Gasteiger partial charge in [-0.3, -0.25) is 0 Å². The summed E-state index contributed by atoms with van der Waals surface area (Å²) >= 11 is 0. The highest BCUT2D eigenvalue weighted by molar-refractivity contribution is 6.11. The van der Waals surface area contributed by atoms with Crippen LogP contribution >= 0.6 is 0 Å². The molecule has 2 heterocycles. The van der Waals surface area contributed by atoms with Crippen molar-refractivity contribution in [3.63, 3.8) is 0 Å². The molecule has 8 aromatic rings. The van der Waals surface area contributed by atoms with E-state index < -0.39 is 0 Å². The Morgan fingerprint density at radius 3 is 1.66 bits per heavy atom. The number of hydrogen-bond donors (Lipinski definition) is 0. The van der Waals surface area contributed by atoms with Gasteiger partial charge in [-0.15, -0.1) is 0 Å². The largest absolute Gasteiger partial charge is 0.317 e. The van der Waals surface area contributed by atoms with Crippen molar-refractivity contribution in [2.75, 3.05) is 4.90 Å². The number of anilines is 2. The molecule has 0 aliphatic carbocycles. The van der Waals surface area contributed by atoms with E-state index in [1.807, 2.05) is 0 Å². The third-order valence-electron chi connectivity index (χ3n) is 9.69. The number of benzene rings is 7. The molecule has 0 unspecified atom stereocenters. The predicted octanol–water partition coefficient (Wildman–Crippen LogP) is 12.9. The van der Waals surface area contributed by atoms with Gasteiger partial charge in [-0.25, -0.2) is 0 Å². The topological polar surface area (TPSA) is 8.17 Å². The van der Waals surface area contributed by atoms with Crippen LogP contribution in [-0.4, -0.2) is 4.57 Å². The van der Waals surface area contributed by atoms with Crippen molar-refractivity contribution < 1.29 is 0 Å². The van der Waals surface area contributed by atoms with Crippen LogP contribution in [0.1, 0.15) is 11.1 Å². The summed E-state index contributed by atoms with van der Waals surface area (Å²) in [4.78, 5) is 2.25. The van der Waals surface area contributed by atoms with Gasteiger partial charge in [0.2, 0.25) is 0 Å². The fraction of sp³-hybridized carbons (Fsp3) is 0. The first-order valence-corrected chi connectivity index (χ1v) is 17.0. The highest BCUT2D eigenvalue weighted by atomic mass is 15.1. The highest BCUT2D eigenvalue weighted by Crippen LogP contribution is 2.40. The fourth-order valence-corrected chi connectivity index (χ4v) is 7.24. The van der Waals surface area contributed by atoms with Gasteiger partial charge in [-0.1, -0.05) is 128 Å². The molecule has 2 heteroatoms. The van der Waals surface area contributed by atoms with Gasteiger partial charge in [0.05, 0.1) is 16.7 Å². The third kappa shape index (κ3) is 5.24. The lowest BCUT2D eigenvalue weighted by Crippen LogP contribution is -2.11. The summed E-state index contributed by atoms with van der Waals surface area (Å²) in [6, 6.07) is 62.9. The lowest BCUT2D eigenvalue weighted by Gasteiger charge is -2.26. The van der Waals surface area contributed by atoms with Gasteiger partial charge in [0.15, 0.2) is 0 Å². The summed E-state index contributed by atoms with van der Waals surface area (Å²) in [5, 5.41) is 2.43. The van der Waals surface area contributed by atoms with Crippen LogP contribution in [0.4, 0.5) is 11.4 Å². The average molecular weight is 639 g/mol. The quantitative estimate of drug-likeness (QED) is 0.182. The smallest absolute Gasteiger partial charge is 0.0541 e. The van der Waals surface area contributed by atoms with Gasteiger partial charge < -0.3 is 9.47 Å².